The molecule has 2 aliphatic heterocycles. The highest BCUT2D eigenvalue weighted by molar-refractivity contribution is 7.98. The average Bonchev–Trinajstić information content (AvgIpc) is 2.90. The van der Waals surface area contributed by atoms with Crippen LogP contribution in [0, 0.1) is 10.1 Å². The molecule has 0 saturated heterocycles. The number of hydrogen-bond donors (Lipinski definition) is 2. The van der Waals surface area contributed by atoms with Crippen molar-refractivity contribution in [3.63, 3.8) is 0 Å². The van der Waals surface area contributed by atoms with Crippen LogP contribution < -0.4 is 15.4 Å². The average molecular weight is 408 g/mol. The number of non-ortho nitro benzene ring substituents is 1. The molecule has 0 fully saturated rings. The number of fused-ring (bicyclic) bond motifs is 5. The third kappa shape index (κ3) is 2.51. The zero-order valence-electron chi connectivity index (χ0n) is 14.9. The maximum absolute atomic E-state index is 13.1. The Labute approximate surface area is 167 Å². The highest BCUT2D eigenvalue weighted by atomic mass is 32.2. The van der Waals surface area contributed by atoms with E-state index in [1.165, 1.54) is 30.0 Å². The zero-order chi connectivity index (χ0) is 20.2. The molecule has 29 heavy (non-hydrogen) atoms. The molecule has 5 rings (SSSR count). The fourth-order valence-electron chi connectivity index (χ4n) is 3.39. The van der Waals surface area contributed by atoms with Crippen LogP contribution in [0.25, 0.3) is 11.3 Å². The third-order valence-corrected chi connectivity index (χ3v) is 5.26. The van der Waals surface area contributed by atoms with Crippen molar-refractivity contribution in [3.8, 4) is 17.1 Å². The Balaban J connectivity index is 1.78. The summed E-state index contributed by atoms with van der Waals surface area (Å²) in [6.07, 6.45) is 1.79. The van der Waals surface area contributed by atoms with Gasteiger partial charge in [-0.15, -0.1) is 10.2 Å². The summed E-state index contributed by atoms with van der Waals surface area (Å²) in [5.41, 5.74) is 0.397. The molecule has 0 bridgehead atoms. The lowest BCUT2D eigenvalue weighted by Gasteiger charge is -2.28. The molecule has 11 heteroatoms. The van der Waals surface area contributed by atoms with Gasteiger partial charge in [0.1, 0.15) is 0 Å². The lowest BCUT2D eigenvalue weighted by Crippen LogP contribution is -2.47. The number of rotatable bonds is 2. The molecular weight excluding hydrogens is 396 g/mol. The van der Waals surface area contributed by atoms with E-state index in [4.69, 9.17) is 4.74 Å². The van der Waals surface area contributed by atoms with Crippen LogP contribution in [0.3, 0.4) is 0 Å². The van der Waals surface area contributed by atoms with Gasteiger partial charge < -0.3 is 15.4 Å². The van der Waals surface area contributed by atoms with Crippen molar-refractivity contribution in [1.82, 2.24) is 15.2 Å². The van der Waals surface area contributed by atoms with Crippen LogP contribution in [0.15, 0.2) is 47.6 Å². The molecular formula is C18H12N6O4S. The Bertz CT molecular complexity index is 1200. The van der Waals surface area contributed by atoms with E-state index in [1.54, 1.807) is 24.5 Å². The first-order chi connectivity index (χ1) is 14.0. The molecule has 1 spiro atoms. The van der Waals surface area contributed by atoms with E-state index in [9.17, 15) is 14.9 Å². The summed E-state index contributed by atoms with van der Waals surface area (Å²) < 4.78 is 6.13. The van der Waals surface area contributed by atoms with E-state index in [1.807, 2.05) is 6.07 Å². The maximum Gasteiger partial charge on any atom is 0.295 e. The standard InChI is InChI=1S/C18H12N6O4S/c1-29-17-20-15-14(22-23-17)10-4-2-3-5-12(10)21-18(28-15)11-8-9(24(26)27)6-7-13(11)19-16(18)25/h2-8,21H,1H3,(H,19,25). The second kappa shape index (κ2) is 6.14. The van der Waals surface area contributed by atoms with Gasteiger partial charge in [0.2, 0.25) is 11.0 Å². The summed E-state index contributed by atoms with van der Waals surface area (Å²) in [4.78, 5) is 28.3. The van der Waals surface area contributed by atoms with E-state index < -0.39 is 16.6 Å². The number of aromatic nitrogens is 3. The first-order valence-corrected chi connectivity index (χ1v) is 9.70. The zero-order valence-corrected chi connectivity index (χ0v) is 15.7. The second-order valence-corrected chi connectivity index (χ2v) is 7.12. The highest BCUT2D eigenvalue weighted by Crippen LogP contribution is 2.47. The number of nitro groups is 1. The van der Waals surface area contributed by atoms with Crippen molar-refractivity contribution in [2.75, 3.05) is 16.9 Å². The quantitative estimate of drug-likeness (QED) is 0.373. The van der Waals surface area contributed by atoms with Crippen LogP contribution in [-0.2, 0) is 10.5 Å². The molecule has 1 amide bonds. The number of anilines is 2. The number of hydrogen-bond acceptors (Lipinski definition) is 9. The molecule has 3 heterocycles. The smallest absolute Gasteiger partial charge is 0.295 e. The van der Waals surface area contributed by atoms with Crippen molar-refractivity contribution >= 4 is 34.7 Å². The number of nitrogens with one attached hydrogen (secondary N) is 2. The van der Waals surface area contributed by atoms with Gasteiger partial charge >= 0.3 is 0 Å². The van der Waals surface area contributed by atoms with Crippen LogP contribution >= 0.6 is 11.8 Å². The van der Waals surface area contributed by atoms with Gasteiger partial charge in [-0.1, -0.05) is 30.0 Å². The Morgan fingerprint density at radius 1 is 1.17 bits per heavy atom. The predicted octanol–water partition coefficient (Wildman–Crippen LogP) is 2.78. The van der Waals surface area contributed by atoms with Crippen molar-refractivity contribution in [2.45, 2.75) is 10.9 Å². The molecule has 0 saturated carbocycles. The van der Waals surface area contributed by atoms with E-state index in [0.717, 1.165) is 0 Å². The highest BCUT2D eigenvalue weighted by Gasteiger charge is 2.53. The van der Waals surface area contributed by atoms with Crippen LogP contribution in [0.5, 0.6) is 5.88 Å². The van der Waals surface area contributed by atoms with Crippen molar-refractivity contribution < 1.29 is 14.5 Å². The molecule has 1 unspecified atom stereocenters. The lowest BCUT2D eigenvalue weighted by atomic mass is 10.0. The van der Waals surface area contributed by atoms with E-state index in [-0.39, 0.29) is 11.6 Å². The number of amides is 1. The van der Waals surface area contributed by atoms with E-state index in [2.05, 4.69) is 25.8 Å². The normalized spacial score (nSPS) is 18.6. The van der Waals surface area contributed by atoms with Gasteiger partial charge in [-0.25, -0.2) is 0 Å². The van der Waals surface area contributed by atoms with Gasteiger partial charge in [-0.2, -0.15) is 4.98 Å². The van der Waals surface area contributed by atoms with Gasteiger partial charge in [0.25, 0.3) is 17.3 Å². The van der Waals surface area contributed by atoms with Crippen LogP contribution in [0.1, 0.15) is 5.56 Å². The molecule has 1 aromatic heterocycles. The SMILES string of the molecule is CSc1nnc2c(n1)OC1(Nc3ccccc3-2)C(=O)Nc2ccc([N+](=O)[O-])cc21. The first kappa shape index (κ1) is 17.4. The minimum Gasteiger partial charge on any atom is -0.435 e. The first-order valence-electron chi connectivity index (χ1n) is 8.47. The number of para-hydroxylation sites is 1. The molecule has 2 N–H and O–H groups in total. The van der Waals surface area contributed by atoms with Crippen molar-refractivity contribution in [1.29, 1.82) is 0 Å². The topological polar surface area (TPSA) is 132 Å². The predicted molar refractivity (Wildman–Crippen MR) is 105 cm³/mol. The van der Waals surface area contributed by atoms with Gasteiger partial charge in [-0.3, -0.25) is 14.9 Å². The number of carbonyl (C=O) groups is 1. The summed E-state index contributed by atoms with van der Waals surface area (Å²) in [5, 5.41) is 25.8. The van der Waals surface area contributed by atoms with E-state index >= 15 is 0 Å². The summed E-state index contributed by atoms with van der Waals surface area (Å²) >= 11 is 1.28. The van der Waals surface area contributed by atoms with Gasteiger partial charge in [0.15, 0.2) is 5.69 Å². The minimum absolute atomic E-state index is 0.108. The lowest BCUT2D eigenvalue weighted by molar-refractivity contribution is -0.385. The minimum atomic E-state index is -1.74. The second-order valence-electron chi connectivity index (χ2n) is 6.35. The van der Waals surface area contributed by atoms with Crippen LogP contribution in [0.4, 0.5) is 17.1 Å². The summed E-state index contributed by atoms with van der Waals surface area (Å²) in [6.45, 7) is 0. The Kier molecular flexibility index (Phi) is 3.68. The number of benzene rings is 2. The van der Waals surface area contributed by atoms with Crippen LogP contribution in [-0.4, -0.2) is 32.3 Å². The number of nitro benzene ring substituents is 1. The molecule has 10 nitrogen and oxygen atoms in total. The summed E-state index contributed by atoms with van der Waals surface area (Å²) in [6, 6.07) is 11.3. The Hall–Kier alpha value is -3.73. The molecule has 1 atom stereocenters. The Morgan fingerprint density at radius 2 is 2.00 bits per heavy atom. The van der Waals surface area contributed by atoms with Gasteiger partial charge in [0.05, 0.1) is 16.2 Å². The molecule has 3 aromatic rings. The third-order valence-electron chi connectivity index (χ3n) is 4.72. The number of thioether (sulfide) groups is 1. The largest absolute Gasteiger partial charge is 0.435 e. The monoisotopic (exact) mass is 408 g/mol. The van der Waals surface area contributed by atoms with Crippen molar-refractivity contribution in [3.05, 3.63) is 58.1 Å². The number of carbonyl (C=O) groups excluding carboxylic acids is 1. The number of ether oxygens (including phenoxy) is 1. The van der Waals surface area contributed by atoms with Crippen LogP contribution in [0.2, 0.25) is 0 Å². The summed E-state index contributed by atoms with van der Waals surface area (Å²) in [7, 11) is 0. The Morgan fingerprint density at radius 3 is 2.79 bits per heavy atom. The molecule has 2 aromatic carbocycles. The molecule has 2 aliphatic rings. The van der Waals surface area contributed by atoms with Gasteiger partial charge in [0, 0.05) is 23.4 Å². The maximum atomic E-state index is 13.1. The van der Waals surface area contributed by atoms with Crippen molar-refractivity contribution in [2.24, 2.45) is 0 Å². The van der Waals surface area contributed by atoms with Gasteiger partial charge in [-0.05, 0) is 18.4 Å². The molecule has 0 aliphatic carbocycles. The summed E-state index contributed by atoms with van der Waals surface area (Å²) in [5.74, 6) is -0.406. The number of nitrogens with zero attached hydrogens (tertiary/aromatic N) is 4. The fraction of sp³-hybridized carbons (Fsp3) is 0.111. The van der Waals surface area contributed by atoms with E-state index in [0.29, 0.717) is 33.4 Å². The fourth-order valence-corrected chi connectivity index (χ4v) is 3.68. The molecule has 144 valence electrons. The molecule has 0 radical (unpaired) electrons.